The van der Waals surface area contributed by atoms with Crippen molar-refractivity contribution in [1.82, 2.24) is 24.6 Å². The lowest BCUT2D eigenvalue weighted by Crippen LogP contribution is -2.48. The number of fused-ring (bicyclic) bond motifs is 1. The summed E-state index contributed by atoms with van der Waals surface area (Å²) in [6, 6.07) is 26.5. The highest BCUT2D eigenvalue weighted by Gasteiger charge is 2.46. The van der Waals surface area contributed by atoms with Crippen LogP contribution in [-0.2, 0) is 19.9 Å². The van der Waals surface area contributed by atoms with Gasteiger partial charge in [-0.15, -0.1) is 4.84 Å². The van der Waals surface area contributed by atoms with E-state index in [9.17, 15) is 0 Å². The maximum atomic E-state index is 7.25. The van der Waals surface area contributed by atoms with Gasteiger partial charge >= 0.3 is 0 Å². The number of imidazole rings is 1. The molecule has 3 aromatic carbocycles. The van der Waals surface area contributed by atoms with Gasteiger partial charge in [0.25, 0.3) is 0 Å². The third-order valence-corrected chi connectivity index (χ3v) is 8.79. The normalized spacial score (nSPS) is 18.3. The molecule has 1 fully saturated rings. The maximum absolute atomic E-state index is 7.25. The molecule has 251 valence electrons. The van der Waals surface area contributed by atoms with Gasteiger partial charge in [-0.2, -0.15) is 0 Å². The van der Waals surface area contributed by atoms with Gasteiger partial charge < -0.3 is 24.7 Å². The summed E-state index contributed by atoms with van der Waals surface area (Å²) in [6.07, 6.45) is 2.48. The first-order chi connectivity index (χ1) is 23.2. The summed E-state index contributed by atoms with van der Waals surface area (Å²) >= 11 is 0. The van der Waals surface area contributed by atoms with Crippen LogP contribution in [0.5, 0.6) is 11.5 Å². The Morgan fingerprint density at radius 2 is 1.42 bits per heavy atom. The second-order valence-corrected chi connectivity index (χ2v) is 12.5. The van der Waals surface area contributed by atoms with Crippen molar-refractivity contribution in [1.29, 1.82) is 0 Å². The van der Waals surface area contributed by atoms with Crippen molar-refractivity contribution in [2.45, 2.75) is 70.2 Å². The molecule has 11 nitrogen and oxygen atoms in total. The zero-order valence-corrected chi connectivity index (χ0v) is 28.3. The molecule has 0 unspecified atom stereocenters. The van der Waals surface area contributed by atoms with Gasteiger partial charge in [0.05, 0.1) is 27.2 Å². The number of hydrogen-bond donors (Lipinski definition) is 1. The number of nitrogens with zero attached hydrogens (tertiary/aromatic N) is 5. The van der Waals surface area contributed by atoms with Crippen molar-refractivity contribution >= 4 is 17.0 Å². The Morgan fingerprint density at radius 3 is 1.98 bits per heavy atom. The van der Waals surface area contributed by atoms with Crippen LogP contribution in [0.1, 0.15) is 57.0 Å². The maximum Gasteiger partial charge on any atom is 0.167 e. The first-order valence-electron chi connectivity index (χ1n) is 16.3. The van der Waals surface area contributed by atoms with Crippen molar-refractivity contribution in [2.24, 2.45) is 0 Å². The molecule has 0 amide bonds. The Hall–Kier alpha value is -4.55. The zero-order chi connectivity index (χ0) is 33.8. The van der Waals surface area contributed by atoms with E-state index in [1.807, 2.05) is 76.4 Å². The fraction of sp³-hybridized carbons (Fsp3) is 0.378. The summed E-state index contributed by atoms with van der Waals surface area (Å²) < 4.78 is 27.0. The lowest BCUT2D eigenvalue weighted by atomic mass is 9.80. The van der Waals surface area contributed by atoms with Gasteiger partial charge in [0.2, 0.25) is 0 Å². The monoisotopic (exact) mass is 652 g/mol. The highest BCUT2D eigenvalue weighted by atomic mass is 16.7. The number of ether oxygens (including phenoxy) is 4. The Balaban J connectivity index is 1.42. The first kappa shape index (κ1) is 33.4. The molecule has 0 aliphatic carbocycles. The Bertz CT molecular complexity index is 1720. The van der Waals surface area contributed by atoms with E-state index in [1.54, 1.807) is 20.5 Å². The molecule has 1 aliphatic rings. The highest BCUT2D eigenvalue weighted by molar-refractivity contribution is 5.81. The van der Waals surface area contributed by atoms with Gasteiger partial charge in [0, 0.05) is 6.42 Å². The molecule has 6 rings (SSSR count). The molecule has 1 radical (unpaired) electrons. The molecule has 1 saturated heterocycles. The van der Waals surface area contributed by atoms with Crippen LogP contribution in [0.3, 0.4) is 0 Å². The number of anilines is 1. The molecule has 3 atom stereocenters. The average molecular weight is 653 g/mol. The Kier molecular flexibility index (Phi) is 9.93. The second kappa shape index (κ2) is 14.3. The van der Waals surface area contributed by atoms with Crippen molar-refractivity contribution in [3.05, 3.63) is 108 Å². The molecule has 3 heterocycles. The quantitative estimate of drug-likeness (QED) is 0.0930. The standard InChI is InChI=1S/C37H44N6O5/c1-24(2)43(25(3)4)48-31-20-33(42-23-41-34-35(38)39-22-40-36(34)42)47-32(31)21-46-37(26-10-8-7-9-11-26,27-12-16-29(44-5)17-13-27)28-14-18-30(45-6)19-15-28/h7-19,22-25,31-33H,20-21H2,1-6H3,(H2,38,39,40)/q+1/t31-,32+,33+/m0/s1. The first-order valence-corrected chi connectivity index (χ1v) is 16.3. The minimum Gasteiger partial charge on any atom is -0.497 e. The third-order valence-electron chi connectivity index (χ3n) is 8.79. The lowest BCUT2D eigenvalue weighted by Gasteiger charge is -2.37. The van der Waals surface area contributed by atoms with Crippen molar-refractivity contribution in [3.63, 3.8) is 0 Å². The summed E-state index contributed by atoms with van der Waals surface area (Å²) in [5.74, 6) is 1.83. The van der Waals surface area contributed by atoms with Crippen LogP contribution >= 0.6 is 0 Å². The Morgan fingerprint density at radius 1 is 0.833 bits per heavy atom. The molecular weight excluding hydrogens is 608 g/mol. The van der Waals surface area contributed by atoms with E-state index < -0.39 is 17.9 Å². The fourth-order valence-electron chi connectivity index (χ4n) is 6.49. The molecule has 0 saturated carbocycles. The lowest BCUT2D eigenvalue weighted by molar-refractivity contribution is -0.180. The van der Waals surface area contributed by atoms with Gasteiger partial charge in [-0.1, -0.05) is 54.6 Å². The number of nitrogen functional groups attached to an aromatic ring is 1. The zero-order valence-electron chi connectivity index (χ0n) is 28.3. The molecule has 0 bridgehead atoms. The van der Waals surface area contributed by atoms with Crippen LogP contribution in [0, 0.1) is 0 Å². The molecule has 2 N–H and O–H groups in total. The van der Waals surface area contributed by atoms with Crippen LogP contribution in [0.25, 0.3) is 11.2 Å². The molecular formula is C37H44N6O5+. The SMILES string of the molecule is COc1ccc(C(OC[C@H]2O[C@@H](n3cnc4c(N)ncnc43)C[C@@H]2O[N+](C(C)C)C(C)C)(c2ccccc2)c2ccc(OC)cc2)cc1. The molecule has 5 aromatic rings. The van der Waals surface area contributed by atoms with Crippen LogP contribution < -0.4 is 20.3 Å². The van der Waals surface area contributed by atoms with Gasteiger partial charge in [-0.3, -0.25) is 4.57 Å². The summed E-state index contributed by atoms with van der Waals surface area (Å²) in [5, 5.41) is 2.02. The van der Waals surface area contributed by atoms with E-state index in [0.29, 0.717) is 23.4 Å². The van der Waals surface area contributed by atoms with Gasteiger partial charge in [-0.05, 0) is 73.7 Å². The molecule has 1 aliphatic heterocycles. The topological polar surface area (TPSA) is 122 Å². The fourth-order valence-corrected chi connectivity index (χ4v) is 6.49. The van der Waals surface area contributed by atoms with Crippen molar-refractivity contribution in [2.75, 3.05) is 26.6 Å². The van der Waals surface area contributed by atoms with E-state index >= 15 is 0 Å². The van der Waals surface area contributed by atoms with Crippen LogP contribution in [0.4, 0.5) is 5.82 Å². The summed E-state index contributed by atoms with van der Waals surface area (Å²) in [6.45, 7) is 8.69. The third kappa shape index (κ3) is 6.46. The summed E-state index contributed by atoms with van der Waals surface area (Å²) in [7, 11) is 3.32. The average Bonchev–Trinajstić information content (AvgIpc) is 3.73. The van der Waals surface area contributed by atoms with Crippen molar-refractivity contribution in [3.8, 4) is 11.5 Å². The van der Waals surface area contributed by atoms with Crippen LogP contribution in [0.2, 0.25) is 0 Å². The minimum absolute atomic E-state index is 0.147. The summed E-state index contributed by atoms with van der Waals surface area (Å²) in [4.78, 5) is 19.8. The van der Waals surface area contributed by atoms with Crippen LogP contribution in [0.15, 0.2) is 91.5 Å². The van der Waals surface area contributed by atoms with Crippen molar-refractivity contribution < 1.29 is 23.8 Å². The van der Waals surface area contributed by atoms with Gasteiger partial charge in [0.15, 0.2) is 29.7 Å². The predicted molar refractivity (Wildman–Crippen MR) is 184 cm³/mol. The minimum atomic E-state index is -1.01. The van der Waals surface area contributed by atoms with Gasteiger partial charge in [-0.25, -0.2) is 15.0 Å². The largest absolute Gasteiger partial charge is 0.497 e. The molecule has 11 heteroatoms. The van der Waals surface area contributed by atoms with E-state index in [2.05, 4.69) is 54.8 Å². The van der Waals surface area contributed by atoms with E-state index in [-0.39, 0.29) is 24.8 Å². The van der Waals surface area contributed by atoms with Gasteiger partial charge in [0.1, 0.15) is 41.3 Å². The number of hydrogen-bond acceptors (Lipinski definition) is 10. The molecule has 0 spiro atoms. The number of benzene rings is 3. The van der Waals surface area contributed by atoms with E-state index in [1.165, 1.54) is 6.33 Å². The number of nitrogens with two attached hydrogens (primary N) is 1. The highest BCUT2D eigenvalue weighted by Crippen LogP contribution is 2.43. The number of rotatable bonds is 13. The van der Waals surface area contributed by atoms with E-state index in [4.69, 9.17) is 29.5 Å². The number of aromatic nitrogens is 4. The molecule has 2 aromatic heterocycles. The number of methoxy groups -OCH3 is 2. The summed E-state index contributed by atoms with van der Waals surface area (Å²) in [5.41, 5.74) is 9.08. The second-order valence-electron chi connectivity index (χ2n) is 12.5. The smallest absolute Gasteiger partial charge is 0.167 e. The van der Waals surface area contributed by atoms with Crippen LogP contribution in [-0.4, -0.2) is 64.6 Å². The predicted octanol–water partition coefficient (Wildman–Crippen LogP) is 5.98. The number of hydroxylamine groups is 2. The Labute approximate surface area is 281 Å². The molecule has 48 heavy (non-hydrogen) atoms. The van der Waals surface area contributed by atoms with E-state index in [0.717, 1.165) is 28.2 Å².